The second-order valence-corrected chi connectivity index (χ2v) is 3.89. The monoisotopic (exact) mass is 249 g/mol. The van der Waals surface area contributed by atoms with E-state index in [4.69, 9.17) is 5.84 Å². The lowest BCUT2D eigenvalue weighted by Gasteiger charge is -2.16. The van der Waals surface area contributed by atoms with Crippen molar-refractivity contribution in [2.75, 3.05) is 31.5 Å². The number of rotatable bonds is 6. The summed E-state index contributed by atoms with van der Waals surface area (Å²) < 4.78 is 0. The highest BCUT2D eigenvalue weighted by Crippen LogP contribution is 2.04. The largest absolute Gasteiger partial charge is 0.325 e. The van der Waals surface area contributed by atoms with Gasteiger partial charge in [0, 0.05) is 12.2 Å². The Bertz CT molecular complexity index is 346. The number of likely N-dealkylation sites (N-methyl/N-ethyl adjacent to an activating group) is 1. The number of nitrogens with one attached hydrogen (secondary N) is 2. The molecular weight excluding hydrogens is 226 g/mol. The van der Waals surface area contributed by atoms with Crippen molar-refractivity contribution in [2.45, 2.75) is 13.8 Å². The van der Waals surface area contributed by atoms with Crippen molar-refractivity contribution in [3.63, 3.8) is 0 Å². The number of nitrogens with two attached hydrogens (primary N) is 1. The van der Waals surface area contributed by atoms with E-state index in [2.05, 4.69) is 34.5 Å². The van der Waals surface area contributed by atoms with Crippen LogP contribution >= 0.6 is 0 Å². The molecule has 0 aliphatic rings. The van der Waals surface area contributed by atoms with Gasteiger partial charge in [0.15, 0.2) is 0 Å². The fourth-order valence-corrected chi connectivity index (χ4v) is 1.62. The molecule has 0 saturated carbocycles. The molecule has 0 atom stereocenters. The zero-order valence-corrected chi connectivity index (χ0v) is 11.2. The minimum atomic E-state index is 0.591. The first-order chi connectivity index (χ1) is 8.80. The molecule has 0 saturated heterocycles. The molecule has 0 bridgehead atoms. The summed E-state index contributed by atoms with van der Waals surface area (Å²) in [6.07, 6.45) is 0. The van der Waals surface area contributed by atoms with Crippen LogP contribution in [-0.4, -0.2) is 37.0 Å². The molecule has 1 rings (SSSR count). The highest BCUT2D eigenvalue weighted by molar-refractivity contribution is 5.93. The molecule has 0 heterocycles. The van der Waals surface area contributed by atoms with E-state index in [9.17, 15) is 0 Å². The molecule has 4 N–H and O–H groups in total. The summed E-state index contributed by atoms with van der Waals surface area (Å²) in [6, 6.07) is 9.84. The number of guanidine groups is 1. The van der Waals surface area contributed by atoms with E-state index in [1.165, 1.54) is 0 Å². The van der Waals surface area contributed by atoms with Gasteiger partial charge in [-0.1, -0.05) is 32.0 Å². The molecule has 1 aromatic carbocycles. The number of hydrogen-bond donors (Lipinski definition) is 3. The Labute approximate surface area is 109 Å². The highest BCUT2D eigenvalue weighted by Gasteiger charge is 1.99. The normalized spacial score (nSPS) is 11.7. The SMILES string of the molecule is CCN(CC)CCN=C(NN)Nc1ccccc1. The third-order valence-corrected chi connectivity index (χ3v) is 2.75. The number of hydrazine groups is 1. The van der Waals surface area contributed by atoms with Gasteiger partial charge in [-0.2, -0.15) is 0 Å². The lowest BCUT2D eigenvalue weighted by atomic mass is 10.3. The summed E-state index contributed by atoms with van der Waals surface area (Å²) in [5.74, 6) is 6.04. The third kappa shape index (κ3) is 5.16. The van der Waals surface area contributed by atoms with Gasteiger partial charge >= 0.3 is 0 Å². The van der Waals surface area contributed by atoms with Gasteiger partial charge in [-0.15, -0.1) is 0 Å². The van der Waals surface area contributed by atoms with Crippen molar-refractivity contribution < 1.29 is 0 Å². The number of nitrogens with zero attached hydrogens (tertiary/aromatic N) is 2. The summed E-state index contributed by atoms with van der Waals surface area (Å²) in [6.45, 7) is 8.05. The predicted molar refractivity (Wildman–Crippen MR) is 77.5 cm³/mol. The Balaban J connectivity index is 2.45. The summed E-state index contributed by atoms with van der Waals surface area (Å²) in [7, 11) is 0. The minimum Gasteiger partial charge on any atom is -0.325 e. The van der Waals surface area contributed by atoms with Crippen molar-refractivity contribution in [3.8, 4) is 0 Å². The summed E-state index contributed by atoms with van der Waals surface area (Å²) in [4.78, 5) is 6.72. The zero-order valence-electron chi connectivity index (χ0n) is 11.2. The van der Waals surface area contributed by atoms with Crippen LogP contribution in [0.4, 0.5) is 5.69 Å². The van der Waals surface area contributed by atoms with Crippen LogP contribution in [-0.2, 0) is 0 Å². The number of para-hydroxylation sites is 1. The van der Waals surface area contributed by atoms with Gasteiger partial charge in [-0.05, 0) is 25.2 Å². The predicted octanol–water partition coefficient (Wildman–Crippen LogP) is 1.26. The summed E-state index contributed by atoms with van der Waals surface area (Å²) in [5, 5.41) is 3.13. The van der Waals surface area contributed by atoms with E-state index in [0.29, 0.717) is 5.96 Å². The van der Waals surface area contributed by atoms with Gasteiger partial charge in [-0.25, -0.2) is 5.84 Å². The Morgan fingerprint density at radius 2 is 1.89 bits per heavy atom. The molecule has 18 heavy (non-hydrogen) atoms. The lowest BCUT2D eigenvalue weighted by molar-refractivity contribution is 0.313. The molecule has 0 radical (unpaired) electrons. The van der Waals surface area contributed by atoms with Gasteiger partial charge in [0.25, 0.3) is 0 Å². The molecule has 100 valence electrons. The fourth-order valence-electron chi connectivity index (χ4n) is 1.62. The van der Waals surface area contributed by atoms with E-state index in [1.807, 2.05) is 30.3 Å². The molecule has 0 aromatic heterocycles. The summed E-state index contributed by atoms with van der Waals surface area (Å²) >= 11 is 0. The molecule has 0 unspecified atom stereocenters. The maximum absolute atomic E-state index is 5.45. The topological polar surface area (TPSA) is 65.7 Å². The van der Waals surface area contributed by atoms with Gasteiger partial charge in [0.05, 0.1) is 6.54 Å². The Hall–Kier alpha value is -1.59. The van der Waals surface area contributed by atoms with E-state index in [1.54, 1.807) is 0 Å². The van der Waals surface area contributed by atoms with Crippen LogP contribution in [0.25, 0.3) is 0 Å². The van der Waals surface area contributed by atoms with Gasteiger partial charge in [0.2, 0.25) is 5.96 Å². The molecule has 0 amide bonds. The quantitative estimate of drug-likeness (QED) is 0.307. The average molecular weight is 249 g/mol. The molecule has 5 heteroatoms. The van der Waals surface area contributed by atoms with Crippen LogP contribution in [0, 0.1) is 0 Å². The van der Waals surface area contributed by atoms with E-state index < -0.39 is 0 Å². The molecule has 0 aliphatic heterocycles. The standard InChI is InChI=1S/C13H23N5/c1-3-18(4-2)11-10-15-13(17-14)16-12-8-6-5-7-9-12/h5-9H,3-4,10-11,14H2,1-2H3,(H2,15,16,17). The molecule has 0 spiro atoms. The Morgan fingerprint density at radius 3 is 2.44 bits per heavy atom. The second-order valence-electron chi connectivity index (χ2n) is 3.89. The number of hydrogen-bond acceptors (Lipinski definition) is 3. The van der Waals surface area contributed by atoms with Crippen LogP contribution < -0.4 is 16.6 Å². The van der Waals surface area contributed by atoms with E-state index >= 15 is 0 Å². The number of benzene rings is 1. The third-order valence-electron chi connectivity index (χ3n) is 2.75. The first-order valence-electron chi connectivity index (χ1n) is 6.35. The van der Waals surface area contributed by atoms with Crippen molar-refractivity contribution in [1.82, 2.24) is 10.3 Å². The van der Waals surface area contributed by atoms with E-state index in [-0.39, 0.29) is 0 Å². The van der Waals surface area contributed by atoms with Crippen molar-refractivity contribution in [2.24, 2.45) is 10.8 Å². The number of anilines is 1. The van der Waals surface area contributed by atoms with Crippen molar-refractivity contribution >= 4 is 11.6 Å². The Kier molecular flexibility index (Phi) is 6.83. The van der Waals surface area contributed by atoms with Crippen molar-refractivity contribution in [1.29, 1.82) is 0 Å². The minimum absolute atomic E-state index is 0.591. The van der Waals surface area contributed by atoms with Crippen molar-refractivity contribution in [3.05, 3.63) is 30.3 Å². The van der Waals surface area contributed by atoms with Crippen LogP contribution in [0.5, 0.6) is 0 Å². The highest BCUT2D eigenvalue weighted by atomic mass is 15.3. The molecule has 0 fully saturated rings. The van der Waals surface area contributed by atoms with Crippen LogP contribution in [0.1, 0.15) is 13.8 Å². The smallest absolute Gasteiger partial charge is 0.210 e. The maximum Gasteiger partial charge on any atom is 0.210 e. The molecular formula is C13H23N5. The number of aliphatic imine (C=N–C) groups is 1. The summed E-state index contributed by atoms with van der Waals surface area (Å²) in [5.41, 5.74) is 3.55. The molecule has 0 aliphatic carbocycles. The van der Waals surface area contributed by atoms with Crippen LogP contribution in [0.15, 0.2) is 35.3 Å². The maximum atomic E-state index is 5.45. The van der Waals surface area contributed by atoms with Crippen LogP contribution in [0.2, 0.25) is 0 Å². The second kappa shape index (κ2) is 8.49. The zero-order chi connectivity index (χ0) is 13.2. The van der Waals surface area contributed by atoms with E-state index in [0.717, 1.165) is 31.9 Å². The Morgan fingerprint density at radius 1 is 1.22 bits per heavy atom. The lowest BCUT2D eigenvalue weighted by Crippen LogP contribution is -2.37. The van der Waals surface area contributed by atoms with Gasteiger partial charge in [-0.3, -0.25) is 10.4 Å². The first-order valence-corrected chi connectivity index (χ1v) is 6.35. The van der Waals surface area contributed by atoms with Gasteiger partial charge in [0.1, 0.15) is 0 Å². The first kappa shape index (κ1) is 14.5. The average Bonchev–Trinajstić information content (AvgIpc) is 2.43. The molecule has 1 aromatic rings. The van der Waals surface area contributed by atoms with Gasteiger partial charge < -0.3 is 10.2 Å². The molecule has 5 nitrogen and oxygen atoms in total. The van der Waals surface area contributed by atoms with Crippen LogP contribution in [0.3, 0.4) is 0 Å². The fraction of sp³-hybridized carbons (Fsp3) is 0.462.